The highest BCUT2D eigenvalue weighted by atomic mass is 35.5. The first-order valence-electron chi connectivity index (χ1n) is 5.19. The Morgan fingerprint density at radius 3 is 2.61 bits per heavy atom. The SMILES string of the molecule is C=C(Cl)c1cncn(-c2ccc(OC)cc2)c1=O. The third-order valence-corrected chi connectivity index (χ3v) is 2.68. The predicted molar refractivity (Wildman–Crippen MR) is 71.3 cm³/mol. The van der Waals surface area contributed by atoms with Gasteiger partial charge in [-0.05, 0) is 24.3 Å². The van der Waals surface area contributed by atoms with E-state index in [2.05, 4.69) is 11.6 Å². The van der Waals surface area contributed by atoms with Crippen molar-refractivity contribution in [2.45, 2.75) is 0 Å². The summed E-state index contributed by atoms with van der Waals surface area (Å²) in [5.41, 5.74) is 0.721. The quantitative estimate of drug-likeness (QED) is 0.853. The maximum atomic E-state index is 12.1. The number of ether oxygens (including phenoxy) is 1. The van der Waals surface area contributed by atoms with E-state index in [1.165, 1.54) is 17.1 Å². The standard InChI is InChI=1S/C13H11ClN2O2/c1-9(14)12-7-15-8-16(13(12)17)10-3-5-11(18-2)6-4-10/h3-8H,1H2,2H3. The minimum atomic E-state index is -0.254. The maximum absolute atomic E-state index is 12.1. The Morgan fingerprint density at radius 1 is 1.39 bits per heavy atom. The van der Waals surface area contributed by atoms with Crippen LogP contribution in [-0.2, 0) is 0 Å². The lowest BCUT2D eigenvalue weighted by atomic mass is 10.2. The van der Waals surface area contributed by atoms with Crippen molar-refractivity contribution in [3.8, 4) is 11.4 Å². The molecule has 4 nitrogen and oxygen atoms in total. The molecule has 1 heterocycles. The molecule has 0 N–H and O–H groups in total. The van der Waals surface area contributed by atoms with Crippen molar-refractivity contribution < 1.29 is 4.74 Å². The van der Waals surface area contributed by atoms with Gasteiger partial charge in [0, 0.05) is 11.2 Å². The Kier molecular flexibility index (Phi) is 3.48. The first-order chi connectivity index (χ1) is 8.63. The van der Waals surface area contributed by atoms with Crippen molar-refractivity contribution in [2.24, 2.45) is 0 Å². The second kappa shape index (κ2) is 5.06. The summed E-state index contributed by atoms with van der Waals surface area (Å²) >= 11 is 5.75. The van der Waals surface area contributed by atoms with Gasteiger partial charge in [-0.15, -0.1) is 0 Å². The molecule has 0 aliphatic carbocycles. The highest BCUT2D eigenvalue weighted by molar-refractivity contribution is 6.48. The zero-order valence-electron chi connectivity index (χ0n) is 9.76. The Labute approximate surface area is 109 Å². The Bertz CT molecular complexity index is 632. The minimum Gasteiger partial charge on any atom is -0.497 e. The first kappa shape index (κ1) is 12.4. The van der Waals surface area contributed by atoms with Crippen LogP contribution < -0.4 is 10.3 Å². The van der Waals surface area contributed by atoms with Crippen LogP contribution in [0.2, 0.25) is 0 Å². The molecular formula is C13H11ClN2O2. The van der Waals surface area contributed by atoms with Gasteiger partial charge in [-0.3, -0.25) is 9.36 Å². The molecule has 0 unspecified atom stereocenters. The van der Waals surface area contributed by atoms with E-state index in [0.717, 1.165) is 5.75 Å². The summed E-state index contributed by atoms with van der Waals surface area (Å²) in [6.45, 7) is 3.54. The second-order valence-electron chi connectivity index (χ2n) is 3.59. The molecule has 0 spiro atoms. The third kappa shape index (κ3) is 2.28. The van der Waals surface area contributed by atoms with Crippen LogP contribution in [0.15, 0.2) is 48.2 Å². The molecule has 92 valence electrons. The van der Waals surface area contributed by atoms with E-state index >= 15 is 0 Å². The smallest absolute Gasteiger partial charge is 0.266 e. The van der Waals surface area contributed by atoms with Gasteiger partial charge in [0.2, 0.25) is 0 Å². The van der Waals surface area contributed by atoms with Crippen molar-refractivity contribution in [3.05, 3.63) is 59.3 Å². The van der Waals surface area contributed by atoms with Gasteiger partial charge in [0.1, 0.15) is 12.1 Å². The summed E-state index contributed by atoms with van der Waals surface area (Å²) in [4.78, 5) is 16.1. The largest absolute Gasteiger partial charge is 0.497 e. The summed E-state index contributed by atoms with van der Waals surface area (Å²) in [5, 5.41) is 0.176. The highest BCUT2D eigenvalue weighted by Gasteiger charge is 2.07. The fraction of sp³-hybridized carbons (Fsp3) is 0.0769. The number of aromatic nitrogens is 2. The van der Waals surface area contributed by atoms with Gasteiger partial charge in [-0.2, -0.15) is 0 Å². The van der Waals surface area contributed by atoms with Gasteiger partial charge in [-0.25, -0.2) is 4.98 Å². The number of methoxy groups -OCH3 is 1. The predicted octanol–water partition coefficient (Wildman–Crippen LogP) is 2.45. The molecule has 0 atom stereocenters. The Morgan fingerprint density at radius 2 is 2.06 bits per heavy atom. The molecule has 1 aromatic heterocycles. The monoisotopic (exact) mass is 262 g/mol. The summed E-state index contributed by atoms with van der Waals surface area (Å²) in [7, 11) is 1.58. The van der Waals surface area contributed by atoms with E-state index in [4.69, 9.17) is 16.3 Å². The van der Waals surface area contributed by atoms with Crippen LogP contribution in [0.5, 0.6) is 5.75 Å². The summed E-state index contributed by atoms with van der Waals surface area (Å²) < 4.78 is 6.46. The molecule has 18 heavy (non-hydrogen) atoms. The number of hydrogen-bond donors (Lipinski definition) is 0. The first-order valence-corrected chi connectivity index (χ1v) is 5.57. The van der Waals surface area contributed by atoms with Crippen molar-refractivity contribution in [1.29, 1.82) is 0 Å². The highest BCUT2D eigenvalue weighted by Crippen LogP contribution is 2.15. The second-order valence-corrected chi connectivity index (χ2v) is 4.04. The molecule has 0 radical (unpaired) electrons. The van der Waals surface area contributed by atoms with E-state index in [0.29, 0.717) is 5.69 Å². The molecule has 5 heteroatoms. The molecule has 2 aromatic rings. The average Bonchev–Trinajstić information content (AvgIpc) is 2.39. The number of benzene rings is 1. The third-order valence-electron chi connectivity index (χ3n) is 2.48. The molecule has 0 amide bonds. The Hall–Kier alpha value is -2.07. The van der Waals surface area contributed by atoms with Gasteiger partial charge in [0.15, 0.2) is 0 Å². The van der Waals surface area contributed by atoms with Crippen LogP contribution in [0.1, 0.15) is 5.56 Å². The number of rotatable bonds is 3. The van der Waals surface area contributed by atoms with Crippen molar-refractivity contribution in [2.75, 3.05) is 7.11 Å². The lowest BCUT2D eigenvalue weighted by Gasteiger charge is -2.07. The van der Waals surface area contributed by atoms with Gasteiger partial charge >= 0.3 is 0 Å². The fourth-order valence-electron chi connectivity index (χ4n) is 1.52. The minimum absolute atomic E-state index is 0.176. The van der Waals surface area contributed by atoms with Crippen LogP contribution in [-0.4, -0.2) is 16.7 Å². The van der Waals surface area contributed by atoms with Crippen LogP contribution in [0.4, 0.5) is 0 Å². The topological polar surface area (TPSA) is 44.1 Å². The zero-order chi connectivity index (χ0) is 13.1. The fourth-order valence-corrected chi connectivity index (χ4v) is 1.65. The normalized spacial score (nSPS) is 10.1. The van der Waals surface area contributed by atoms with Gasteiger partial charge < -0.3 is 4.74 Å². The number of nitrogens with zero attached hydrogens (tertiary/aromatic N) is 2. The van der Waals surface area contributed by atoms with Gasteiger partial charge in [0.25, 0.3) is 5.56 Å². The van der Waals surface area contributed by atoms with E-state index < -0.39 is 0 Å². The lowest BCUT2D eigenvalue weighted by Crippen LogP contribution is -2.21. The summed E-state index contributed by atoms with van der Waals surface area (Å²) in [5.74, 6) is 0.720. The molecule has 1 aromatic carbocycles. The van der Waals surface area contributed by atoms with Gasteiger partial charge in [0.05, 0.1) is 18.4 Å². The lowest BCUT2D eigenvalue weighted by molar-refractivity contribution is 0.414. The molecule has 0 bridgehead atoms. The maximum Gasteiger partial charge on any atom is 0.266 e. The van der Waals surface area contributed by atoms with Crippen LogP contribution in [0.25, 0.3) is 10.7 Å². The Balaban J connectivity index is 2.53. The van der Waals surface area contributed by atoms with Crippen molar-refractivity contribution in [3.63, 3.8) is 0 Å². The number of halogens is 1. The molecule has 0 aliphatic rings. The van der Waals surface area contributed by atoms with Crippen molar-refractivity contribution >= 4 is 16.6 Å². The molecule has 0 fully saturated rings. The molecular weight excluding hydrogens is 252 g/mol. The van der Waals surface area contributed by atoms with Crippen molar-refractivity contribution in [1.82, 2.24) is 9.55 Å². The number of hydrogen-bond acceptors (Lipinski definition) is 3. The molecule has 0 saturated heterocycles. The average molecular weight is 263 g/mol. The van der Waals surface area contributed by atoms with E-state index in [-0.39, 0.29) is 16.2 Å². The van der Waals surface area contributed by atoms with E-state index in [1.807, 2.05) is 0 Å². The van der Waals surface area contributed by atoms with E-state index in [1.54, 1.807) is 31.4 Å². The van der Waals surface area contributed by atoms with Crippen LogP contribution >= 0.6 is 11.6 Å². The van der Waals surface area contributed by atoms with E-state index in [9.17, 15) is 4.79 Å². The zero-order valence-corrected chi connectivity index (χ0v) is 10.5. The molecule has 0 aliphatic heterocycles. The molecule has 2 rings (SSSR count). The molecule has 0 saturated carbocycles. The van der Waals surface area contributed by atoms with Crippen LogP contribution in [0.3, 0.4) is 0 Å². The summed E-state index contributed by atoms with van der Waals surface area (Å²) in [6.07, 6.45) is 2.84. The summed E-state index contributed by atoms with van der Waals surface area (Å²) in [6, 6.07) is 7.07. The van der Waals surface area contributed by atoms with Crippen LogP contribution in [0, 0.1) is 0 Å². The van der Waals surface area contributed by atoms with Gasteiger partial charge in [-0.1, -0.05) is 18.2 Å².